The summed E-state index contributed by atoms with van der Waals surface area (Å²) in [6, 6.07) is 3.07. The van der Waals surface area contributed by atoms with Gasteiger partial charge in [-0.25, -0.2) is 0 Å². The Kier molecular flexibility index (Phi) is 3.73. The van der Waals surface area contributed by atoms with E-state index in [0.717, 1.165) is 8.95 Å². The first kappa shape index (κ1) is 11.0. The highest BCUT2D eigenvalue weighted by Crippen LogP contribution is 2.33. The lowest BCUT2D eigenvalue weighted by molar-refractivity contribution is 0.461. The van der Waals surface area contributed by atoms with Crippen LogP contribution in [-0.2, 0) is 0 Å². The van der Waals surface area contributed by atoms with Gasteiger partial charge in [0.05, 0.1) is 0 Å². The molecule has 13 heavy (non-hydrogen) atoms. The van der Waals surface area contributed by atoms with E-state index in [4.69, 9.17) is 11.5 Å². The zero-order chi connectivity index (χ0) is 10.0. The Balaban J connectivity index is 3.20. The largest absolute Gasteiger partial charge is 0.508 e. The van der Waals surface area contributed by atoms with E-state index in [9.17, 15) is 5.11 Å². The molecule has 0 radical (unpaired) electrons. The van der Waals surface area contributed by atoms with E-state index in [1.54, 1.807) is 6.07 Å². The molecule has 0 aliphatic heterocycles. The second kappa shape index (κ2) is 4.41. The molecule has 72 valence electrons. The molecular weight excluding hydrogens is 300 g/mol. The van der Waals surface area contributed by atoms with Crippen LogP contribution in [0.1, 0.15) is 11.6 Å². The van der Waals surface area contributed by atoms with Crippen LogP contribution >= 0.6 is 31.9 Å². The molecule has 0 saturated carbocycles. The molecule has 5 heteroatoms. The maximum atomic E-state index is 9.58. The van der Waals surface area contributed by atoms with E-state index in [0.29, 0.717) is 12.1 Å². The summed E-state index contributed by atoms with van der Waals surface area (Å²) in [6.07, 6.45) is 0. The number of phenols is 1. The predicted molar refractivity (Wildman–Crippen MR) is 59.5 cm³/mol. The molecule has 0 aromatic heterocycles. The van der Waals surface area contributed by atoms with Crippen molar-refractivity contribution in [1.82, 2.24) is 0 Å². The maximum Gasteiger partial charge on any atom is 0.122 e. The molecular formula is C8H10Br2N2O. The number of aromatic hydroxyl groups is 1. The van der Waals surface area contributed by atoms with Crippen LogP contribution in [0.4, 0.5) is 0 Å². The van der Waals surface area contributed by atoms with Crippen LogP contribution in [0.3, 0.4) is 0 Å². The lowest BCUT2D eigenvalue weighted by atomic mass is 10.1. The van der Waals surface area contributed by atoms with Crippen LogP contribution in [-0.4, -0.2) is 11.7 Å². The Bertz CT molecular complexity index is 294. The molecule has 0 fully saturated rings. The molecule has 1 rings (SSSR count). The average Bonchev–Trinajstić information content (AvgIpc) is 2.02. The molecule has 1 aromatic rings. The summed E-state index contributed by atoms with van der Waals surface area (Å²) in [5.41, 5.74) is 11.8. The number of phenolic OH excluding ortho intramolecular Hbond substituents is 1. The lowest BCUT2D eigenvalue weighted by Gasteiger charge is -2.13. The van der Waals surface area contributed by atoms with E-state index in [-0.39, 0.29) is 11.8 Å². The van der Waals surface area contributed by atoms with Gasteiger partial charge in [0.1, 0.15) is 5.75 Å². The molecule has 0 bridgehead atoms. The number of hydrogen-bond donors (Lipinski definition) is 3. The van der Waals surface area contributed by atoms with Crippen molar-refractivity contribution in [3.63, 3.8) is 0 Å². The van der Waals surface area contributed by atoms with Crippen LogP contribution < -0.4 is 11.5 Å². The van der Waals surface area contributed by atoms with Crippen molar-refractivity contribution in [3.05, 3.63) is 26.6 Å². The molecule has 0 aliphatic rings. The summed E-state index contributed by atoms with van der Waals surface area (Å²) in [5.74, 6) is 0.152. The molecule has 0 spiro atoms. The average molecular weight is 310 g/mol. The Morgan fingerprint density at radius 1 is 1.38 bits per heavy atom. The Labute approximate surface area is 93.4 Å². The van der Waals surface area contributed by atoms with Crippen LogP contribution in [0.5, 0.6) is 5.75 Å². The van der Waals surface area contributed by atoms with Gasteiger partial charge < -0.3 is 16.6 Å². The predicted octanol–water partition coefficient (Wildman–Crippen LogP) is 1.88. The van der Waals surface area contributed by atoms with Crippen LogP contribution in [0, 0.1) is 0 Å². The fraction of sp³-hybridized carbons (Fsp3) is 0.250. The second-order valence-electron chi connectivity index (χ2n) is 2.66. The number of rotatable bonds is 2. The summed E-state index contributed by atoms with van der Waals surface area (Å²) >= 11 is 6.57. The minimum Gasteiger partial charge on any atom is -0.508 e. The highest BCUT2D eigenvalue weighted by molar-refractivity contribution is 9.11. The number of nitrogens with two attached hydrogens (primary N) is 2. The van der Waals surface area contributed by atoms with Gasteiger partial charge in [-0.05, 0) is 12.1 Å². The van der Waals surface area contributed by atoms with Gasteiger partial charge in [0, 0.05) is 27.1 Å². The van der Waals surface area contributed by atoms with Crippen molar-refractivity contribution < 1.29 is 5.11 Å². The zero-order valence-electron chi connectivity index (χ0n) is 6.80. The SMILES string of the molecule is NCC(N)c1c(O)cc(Br)cc1Br. The van der Waals surface area contributed by atoms with Gasteiger partial charge in [-0.3, -0.25) is 0 Å². The van der Waals surface area contributed by atoms with Crippen LogP contribution in [0.15, 0.2) is 21.1 Å². The first-order valence-corrected chi connectivity index (χ1v) is 5.28. The van der Waals surface area contributed by atoms with Gasteiger partial charge in [0.2, 0.25) is 0 Å². The van der Waals surface area contributed by atoms with Crippen molar-refractivity contribution >= 4 is 31.9 Å². The highest BCUT2D eigenvalue weighted by atomic mass is 79.9. The molecule has 1 unspecified atom stereocenters. The van der Waals surface area contributed by atoms with E-state index in [1.807, 2.05) is 6.07 Å². The molecule has 0 aliphatic carbocycles. The number of benzene rings is 1. The molecule has 5 N–H and O–H groups in total. The third kappa shape index (κ3) is 2.43. The van der Waals surface area contributed by atoms with Gasteiger partial charge in [0.25, 0.3) is 0 Å². The molecule has 0 saturated heterocycles. The molecule has 0 amide bonds. The standard InChI is InChI=1S/C8H10Br2N2O/c9-4-1-5(10)8(6(12)3-11)7(13)2-4/h1-2,6,13H,3,11-12H2. The Morgan fingerprint density at radius 3 is 2.46 bits per heavy atom. The third-order valence-corrected chi connectivity index (χ3v) is 2.81. The lowest BCUT2D eigenvalue weighted by Crippen LogP contribution is -2.21. The number of halogens is 2. The normalized spacial score (nSPS) is 12.9. The Morgan fingerprint density at radius 2 is 2.00 bits per heavy atom. The maximum absolute atomic E-state index is 9.58. The molecule has 0 heterocycles. The van der Waals surface area contributed by atoms with Crippen molar-refractivity contribution in [2.45, 2.75) is 6.04 Å². The van der Waals surface area contributed by atoms with E-state index in [2.05, 4.69) is 31.9 Å². The minimum absolute atomic E-state index is 0.152. The van der Waals surface area contributed by atoms with Crippen LogP contribution in [0.2, 0.25) is 0 Å². The van der Waals surface area contributed by atoms with E-state index >= 15 is 0 Å². The van der Waals surface area contributed by atoms with Crippen molar-refractivity contribution in [3.8, 4) is 5.75 Å². The van der Waals surface area contributed by atoms with Crippen LogP contribution in [0.25, 0.3) is 0 Å². The summed E-state index contributed by atoms with van der Waals surface area (Å²) in [5, 5.41) is 9.58. The summed E-state index contributed by atoms with van der Waals surface area (Å²) < 4.78 is 1.56. The Hall–Kier alpha value is -0.100. The summed E-state index contributed by atoms with van der Waals surface area (Å²) in [6.45, 7) is 0.299. The quantitative estimate of drug-likeness (QED) is 0.781. The van der Waals surface area contributed by atoms with Crippen molar-refractivity contribution in [2.24, 2.45) is 11.5 Å². The third-order valence-electron chi connectivity index (χ3n) is 1.70. The minimum atomic E-state index is -0.345. The first-order chi connectivity index (χ1) is 6.06. The monoisotopic (exact) mass is 308 g/mol. The van der Waals surface area contributed by atoms with Gasteiger partial charge >= 0.3 is 0 Å². The molecule has 1 atom stereocenters. The molecule has 3 nitrogen and oxygen atoms in total. The smallest absolute Gasteiger partial charge is 0.122 e. The van der Waals surface area contributed by atoms with Gasteiger partial charge in [-0.2, -0.15) is 0 Å². The highest BCUT2D eigenvalue weighted by Gasteiger charge is 2.13. The first-order valence-electron chi connectivity index (χ1n) is 3.69. The fourth-order valence-corrected chi connectivity index (χ4v) is 2.55. The zero-order valence-corrected chi connectivity index (χ0v) is 9.97. The fourth-order valence-electron chi connectivity index (χ4n) is 1.06. The van der Waals surface area contributed by atoms with Crippen molar-refractivity contribution in [1.29, 1.82) is 0 Å². The van der Waals surface area contributed by atoms with E-state index in [1.165, 1.54) is 0 Å². The van der Waals surface area contributed by atoms with Gasteiger partial charge in [-0.1, -0.05) is 31.9 Å². The van der Waals surface area contributed by atoms with Crippen molar-refractivity contribution in [2.75, 3.05) is 6.54 Å². The number of hydrogen-bond acceptors (Lipinski definition) is 3. The van der Waals surface area contributed by atoms with E-state index < -0.39 is 0 Å². The second-order valence-corrected chi connectivity index (χ2v) is 4.43. The van der Waals surface area contributed by atoms with Gasteiger partial charge in [0.15, 0.2) is 0 Å². The summed E-state index contributed by atoms with van der Waals surface area (Å²) in [7, 11) is 0. The summed E-state index contributed by atoms with van der Waals surface area (Å²) in [4.78, 5) is 0. The van der Waals surface area contributed by atoms with Gasteiger partial charge in [-0.15, -0.1) is 0 Å². The molecule has 1 aromatic carbocycles. The topological polar surface area (TPSA) is 72.3 Å².